The van der Waals surface area contributed by atoms with Crippen LogP contribution in [0.5, 0.6) is 5.75 Å². The molecule has 0 fully saturated rings. The molecule has 1 aromatic carbocycles. The summed E-state index contributed by atoms with van der Waals surface area (Å²) < 4.78 is 55.6. The number of carbonyl (C=O) groups excluding carboxylic acids is 1. The van der Waals surface area contributed by atoms with E-state index in [1.165, 1.54) is 50.7 Å². The summed E-state index contributed by atoms with van der Waals surface area (Å²) in [6, 6.07) is 7.59. The van der Waals surface area contributed by atoms with E-state index >= 15 is 0 Å². The Hall–Kier alpha value is -1.99. The van der Waals surface area contributed by atoms with E-state index in [4.69, 9.17) is 4.74 Å². The molecule has 1 heterocycles. The number of nitrogens with one attached hydrogen (secondary N) is 2. The highest BCUT2D eigenvalue weighted by Crippen LogP contribution is 2.29. The normalized spacial score (nSPS) is 12.2. The van der Waals surface area contributed by atoms with Gasteiger partial charge in [0.2, 0.25) is 20.0 Å². The first-order valence-corrected chi connectivity index (χ1v) is 12.5. The predicted octanol–water partition coefficient (Wildman–Crippen LogP) is 1.35. The molecular weight excluding hydrogens is 438 g/mol. The van der Waals surface area contributed by atoms with Crippen LogP contribution in [0.25, 0.3) is 0 Å². The summed E-state index contributed by atoms with van der Waals surface area (Å²) in [7, 11) is -2.68. The van der Waals surface area contributed by atoms with Crippen LogP contribution in [0.4, 0.5) is 5.69 Å². The fourth-order valence-electron chi connectivity index (χ4n) is 2.33. The van der Waals surface area contributed by atoms with Crippen molar-refractivity contribution >= 4 is 43.0 Å². The van der Waals surface area contributed by atoms with E-state index in [2.05, 4.69) is 10.0 Å². The SMILES string of the molecule is COc1ccc(S(=O)(=O)N(C)C)cc1NC(=O)c1ccc(CCNS(C)(=O)=O)s1. The third-order valence-electron chi connectivity index (χ3n) is 3.82. The Kier molecular flexibility index (Phi) is 7.40. The molecule has 29 heavy (non-hydrogen) atoms. The van der Waals surface area contributed by atoms with Crippen molar-refractivity contribution in [2.75, 3.05) is 39.3 Å². The maximum absolute atomic E-state index is 12.6. The molecule has 0 saturated heterocycles. The molecule has 12 heteroatoms. The highest BCUT2D eigenvalue weighted by molar-refractivity contribution is 7.89. The lowest BCUT2D eigenvalue weighted by molar-refractivity contribution is 0.103. The number of rotatable bonds is 9. The van der Waals surface area contributed by atoms with Crippen LogP contribution in [-0.2, 0) is 26.5 Å². The smallest absolute Gasteiger partial charge is 0.265 e. The Labute approximate surface area is 174 Å². The van der Waals surface area contributed by atoms with Gasteiger partial charge in [-0.2, -0.15) is 0 Å². The van der Waals surface area contributed by atoms with Gasteiger partial charge < -0.3 is 10.1 Å². The van der Waals surface area contributed by atoms with Crippen LogP contribution in [0.1, 0.15) is 14.5 Å². The molecule has 1 amide bonds. The van der Waals surface area contributed by atoms with Gasteiger partial charge >= 0.3 is 0 Å². The third-order valence-corrected chi connectivity index (χ3v) is 7.50. The molecular formula is C17H23N3O6S3. The van der Waals surface area contributed by atoms with Crippen molar-refractivity contribution in [3.05, 3.63) is 40.1 Å². The minimum absolute atomic E-state index is 0.0253. The van der Waals surface area contributed by atoms with Crippen LogP contribution < -0.4 is 14.8 Å². The summed E-state index contributed by atoms with van der Waals surface area (Å²) in [5.74, 6) is -0.0970. The largest absolute Gasteiger partial charge is 0.495 e. The average Bonchev–Trinajstić information content (AvgIpc) is 3.09. The predicted molar refractivity (Wildman–Crippen MR) is 113 cm³/mol. The molecule has 1 aromatic heterocycles. The molecule has 0 unspecified atom stereocenters. The number of methoxy groups -OCH3 is 1. The third kappa shape index (κ3) is 6.24. The molecule has 2 N–H and O–H groups in total. The van der Waals surface area contributed by atoms with Crippen LogP contribution in [-0.4, -0.2) is 61.1 Å². The van der Waals surface area contributed by atoms with Crippen LogP contribution >= 0.6 is 11.3 Å². The van der Waals surface area contributed by atoms with Crippen LogP contribution in [0, 0.1) is 0 Å². The van der Waals surface area contributed by atoms with Crippen LogP contribution in [0.2, 0.25) is 0 Å². The second-order valence-corrected chi connectivity index (χ2v) is 11.4. The number of nitrogens with zero attached hydrogens (tertiary/aromatic N) is 1. The zero-order valence-corrected chi connectivity index (χ0v) is 18.9. The van der Waals surface area contributed by atoms with Gasteiger partial charge in [-0.1, -0.05) is 0 Å². The van der Waals surface area contributed by atoms with Crippen molar-refractivity contribution in [2.45, 2.75) is 11.3 Å². The van der Waals surface area contributed by atoms with Gasteiger partial charge in [0.1, 0.15) is 5.75 Å². The highest BCUT2D eigenvalue weighted by atomic mass is 32.2. The molecule has 0 aliphatic rings. The first kappa shape index (κ1) is 23.3. The summed E-state index contributed by atoms with van der Waals surface area (Å²) in [6.07, 6.45) is 1.53. The molecule has 0 atom stereocenters. The van der Waals surface area contributed by atoms with E-state index in [9.17, 15) is 21.6 Å². The Morgan fingerprint density at radius 3 is 2.41 bits per heavy atom. The van der Waals surface area contributed by atoms with E-state index in [-0.39, 0.29) is 17.1 Å². The number of sulfonamides is 2. The van der Waals surface area contributed by atoms with Gasteiger partial charge in [0, 0.05) is 25.5 Å². The van der Waals surface area contributed by atoms with Crippen molar-refractivity contribution in [2.24, 2.45) is 0 Å². The van der Waals surface area contributed by atoms with Gasteiger partial charge in [-0.25, -0.2) is 25.9 Å². The van der Waals surface area contributed by atoms with Gasteiger partial charge in [0.15, 0.2) is 0 Å². The minimum atomic E-state index is -3.67. The molecule has 0 saturated carbocycles. The lowest BCUT2D eigenvalue weighted by atomic mass is 10.3. The first-order valence-electron chi connectivity index (χ1n) is 8.39. The number of amides is 1. The van der Waals surface area contributed by atoms with Crippen molar-refractivity contribution in [3.63, 3.8) is 0 Å². The van der Waals surface area contributed by atoms with E-state index in [1.807, 2.05) is 0 Å². The summed E-state index contributed by atoms with van der Waals surface area (Å²) in [6.45, 7) is 0.235. The molecule has 2 rings (SSSR count). The van der Waals surface area contributed by atoms with Gasteiger partial charge in [-0.3, -0.25) is 4.79 Å². The van der Waals surface area contributed by atoms with Gasteiger partial charge in [-0.05, 0) is 36.8 Å². The lowest BCUT2D eigenvalue weighted by Gasteiger charge is -2.15. The number of benzene rings is 1. The van der Waals surface area contributed by atoms with Gasteiger partial charge in [0.25, 0.3) is 5.91 Å². The molecule has 0 aliphatic carbocycles. The van der Waals surface area contributed by atoms with Gasteiger partial charge in [-0.15, -0.1) is 11.3 Å². The maximum atomic E-state index is 12.6. The second-order valence-electron chi connectivity index (χ2n) is 6.29. The van der Waals surface area contributed by atoms with E-state index < -0.39 is 26.0 Å². The average molecular weight is 462 g/mol. The number of ether oxygens (including phenoxy) is 1. The van der Waals surface area contributed by atoms with E-state index in [0.717, 1.165) is 15.4 Å². The van der Waals surface area contributed by atoms with E-state index in [1.54, 1.807) is 12.1 Å². The Morgan fingerprint density at radius 1 is 1.14 bits per heavy atom. The zero-order chi connectivity index (χ0) is 21.8. The summed E-state index contributed by atoms with van der Waals surface area (Å²) >= 11 is 1.22. The van der Waals surface area contributed by atoms with Gasteiger partial charge in [0.05, 0.1) is 28.8 Å². The van der Waals surface area contributed by atoms with Crippen LogP contribution in [0.15, 0.2) is 35.2 Å². The summed E-state index contributed by atoms with van der Waals surface area (Å²) in [5.41, 5.74) is 0.231. The highest BCUT2D eigenvalue weighted by Gasteiger charge is 2.20. The minimum Gasteiger partial charge on any atom is -0.495 e. The van der Waals surface area contributed by atoms with Crippen molar-refractivity contribution in [1.82, 2.24) is 9.03 Å². The first-order chi connectivity index (χ1) is 13.4. The Bertz CT molecular complexity index is 1090. The maximum Gasteiger partial charge on any atom is 0.265 e. The number of hydrogen-bond donors (Lipinski definition) is 2. The van der Waals surface area contributed by atoms with E-state index in [0.29, 0.717) is 17.0 Å². The van der Waals surface area contributed by atoms with Crippen LogP contribution in [0.3, 0.4) is 0 Å². The number of thiophene rings is 1. The number of carbonyl (C=O) groups is 1. The Balaban J connectivity index is 2.18. The van der Waals surface area contributed by atoms with Crippen molar-refractivity contribution in [3.8, 4) is 5.75 Å². The monoisotopic (exact) mass is 461 g/mol. The quantitative estimate of drug-likeness (QED) is 0.581. The molecule has 0 spiro atoms. The lowest BCUT2D eigenvalue weighted by Crippen LogP contribution is -2.24. The molecule has 0 aliphatic heterocycles. The molecule has 2 aromatic rings. The standard InChI is InChI=1S/C17H23N3O6S3/c1-20(2)29(24,25)13-6-7-15(26-3)14(11-13)19-17(21)16-8-5-12(27-16)9-10-18-28(4,22)23/h5-8,11,18H,9-10H2,1-4H3,(H,19,21). The second kappa shape index (κ2) is 9.22. The summed E-state index contributed by atoms with van der Waals surface area (Å²) in [4.78, 5) is 13.9. The fourth-order valence-corrected chi connectivity index (χ4v) is 4.64. The Morgan fingerprint density at radius 2 is 1.83 bits per heavy atom. The molecule has 0 radical (unpaired) electrons. The zero-order valence-electron chi connectivity index (χ0n) is 16.4. The number of anilines is 1. The van der Waals surface area contributed by atoms with Crippen molar-refractivity contribution < 1.29 is 26.4 Å². The molecule has 9 nitrogen and oxygen atoms in total. The summed E-state index contributed by atoms with van der Waals surface area (Å²) in [5, 5.41) is 2.67. The van der Waals surface area contributed by atoms with Crippen molar-refractivity contribution in [1.29, 1.82) is 0 Å². The molecule has 0 bridgehead atoms. The molecule has 160 valence electrons. The topological polar surface area (TPSA) is 122 Å². The number of hydrogen-bond acceptors (Lipinski definition) is 7. The fraction of sp³-hybridized carbons (Fsp3) is 0.353.